The molecule has 0 amide bonds. The molecule has 0 saturated heterocycles. The summed E-state index contributed by atoms with van der Waals surface area (Å²) in [6.07, 6.45) is 1.59. The van der Waals surface area contributed by atoms with Gasteiger partial charge in [0.2, 0.25) is 0 Å². The first-order chi connectivity index (χ1) is 9.29. The summed E-state index contributed by atoms with van der Waals surface area (Å²) >= 11 is 0. The quantitative estimate of drug-likeness (QED) is 0.761. The van der Waals surface area contributed by atoms with Crippen LogP contribution in [0, 0.1) is 17.1 Å². The number of nitrogens with one attached hydrogen (secondary N) is 1. The Morgan fingerprint density at radius 1 is 1.21 bits per heavy atom. The van der Waals surface area contributed by atoms with E-state index >= 15 is 0 Å². The molecule has 0 aliphatic rings. The van der Waals surface area contributed by atoms with Gasteiger partial charge in [-0.2, -0.15) is 10.4 Å². The van der Waals surface area contributed by atoms with Gasteiger partial charge in [0.05, 0.1) is 22.7 Å². The molecule has 2 aromatic carbocycles. The number of aromatic nitrogens is 2. The third-order valence-electron chi connectivity index (χ3n) is 2.74. The van der Waals surface area contributed by atoms with Crippen LogP contribution >= 0.6 is 0 Å². The van der Waals surface area contributed by atoms with E-state index in [-0.39, 0.29) is 11.3 Å². The Morgan fingerprint density at radius 2 is 2.05 bits per heavy atom. The van der Waals surface area contributed by atoms with E-state index in [4.69, 9.17) is 10.00 Å². The van der Waals surface area contributed by atoms with E-state index in [0.29, 0.717) is 5.75 Å². The normalized spacial score (nSPS) is 10.3. The molecule has 0 bridgehead atoms. The summed E-state index contributed by atoms with van der Waals surface area (Å²) in [5, 5.41) is 16.4. The minimum atomic E-state index is -0.570. The molecule has 1 heterocycles. The number of H-pyrrole nitrogens is 1. The number of aromatic amines is 1. The second kappa shape index (κ2) is 4.42. The van der Waals surface area contributed by atoms with Crippen molar-refractivity contribution < 1.29 is 9.13 Å². The van der Waals surface area contributed by atoms with E-state index in [1.165, 1.54) is 18.2 Å². The number of hydrogen-bond acceptors (Lipinski definition) is 3. The number of rotatable bonds is 2. The van der Waals surface area contributed by atoms with Gasteiger partial charge in [0, 0.05) is 0 Å². The SMILES string of the molecule is N#Cc1cccc(F)c1Oc1cccc2[nH]ncc12. The van der Waals surface area contributed by atoms with E-state index in [9.17, 15) is 4.39 Å². The van der Waals surface area contributed by atoms with Gasteiger partial charge >= 0.3 is 0 Å². The highest BCUT2D eigenvalue weighted by Gasteiger charge is 2.12. The molecule has 4 nitrogen and oxygen atoms in total. The first-order valence-corrected chi connectivity index (χ1v) is 5.58. The molecule has 0 fully saturated rings. The summed E-state index contributed by atoms with van der Waals surface area (Å²) < 4.78 is 19.3. The van der Waals surface area contributed by atoms with Crippen molar-refractivity contribution in [2.75, 3.05) is 0 Å². The zero-order valence-corrected chi connectivity index (χ0v) is 9.72. The fraction of sp³-hybridized carbons (Fsp3) is 0. The van der Waals surface area contributed by atoms with Gasteiger partial charge in [0.1, 0.15) is 11.8 Å². The number of para-hydroxylation sites is 1. The predicted octanol–water partition coefficient (Wildman–Crippen LogP) is 3.37. The zero-order valence-electron chi connectivity index (χ0n) is 9.72. The summed E-state index contributed by atoms with van der Waals surface area (Å²) in [5.74, 6) is -0.189. The molecule has 3 aromatic rings. The highest BCUT2D eigenvalue weighted by molar-refractivity contribution is 5.84. The van der Waals surface area contributed by atoms with E-state index in [1.54, 1.807) is 18.3 Å². The van der Waals surface area contributed by atoms with Gasteiger partial charge in [0.25, 0.3) is 0 Å². The van der Waals surface area contributed by atoms with Crippen LogP contribution in [0.2, 0.25) is 0 Å². The topological polar surface area (TPSA) is 61.7 Å². The number of fused-ring (bicyclic) bond motifs is 1. The summed E-state index contributed by atoms with van der Waals surface area (Å²) in [6, 6.07) is 11.4. The van der Waals surface area contributed by atoms with Crippen molar-refractivity contribution in [2.24, 2.45) is 0 Å². The fourth-order valence-electron chi connectivity index (χ4n) is 1.84. The van der Waals surface area contributed by atoms with Crippen LogP contribution in [0.25, 0.3) is 10.9 Å². The van der Waals surface area contributed by atoms with Crippen molar-refractivity contribution in [1.82, 2.24) is 10.2 Å². The molecule has 92 valence electrons. The maximum Gasteiger partial charge on any atom is 0.180 e. The average Bonchev–Trinajstić information content (AvgIpc) is 2.90. The van der Waals surface area contributed by atoms with Gasteiger partial charge in [-0.3, -0.25) is 5.10 Å². The molecule has 0 radical (unpaired) electrons. The molecule has 3 rings (SSSR count). The van der Waals surface area contributed by atoms with Crippen LogP contribution in [0.3, 0.4) is 0 Å². The van der Waals surface area contributed by atoms with Crippen LogP contribution in [0.5, 0.6) is 11.5 Å². The highest BCUT2D eigenvalue weighted by Crippen LogP contribution is 2.32. The van der Waals surface area contributed by atoms with Crippen molar-refractivity contribution >= 4 is 10.9 Å². The number of hydrogen-bond donors (Lipinski definition) is 1. The monoisotopic (exact) mass is 253 g/mol. The number of halogens is 1. The number of ether oxygens (including phenoxy) is 1. The third kappa shape index (κ3) is 1.89. The second-order valence-electron chi connectivity index (χ2n) is 3.92. The smallest absolute Gasteiger partial charge is 0.180 e. The number of nitrogens with zero attached hydrogens (tertiary/aromatic N) is 2. The van der Waals surface area contributed by atoms with E-state index in [1.807, 2.05) is 12.1 Å². The fourth-order valence-corrected chi connectivity index (χ4v) is 1.84. The molecule has 0 unspecified atom stereocenters. The van der Waals surface area contributed by atoms with Crippen molar-refractivity contribution in [3.05, 3.63) is 54.0 Å². The largest absolute Gasteiger partial charge is 0.452 e. The molecule has 19 heavy (non-hydrogen) atoms. The van der Waals surface area contributed by atoms with Gasteiger partial charge in [-0.25, -0.2) is 4.39 Å². The molecule has 1 aromatic heterocycles. The molecular weight excluding hydrogens is 245 g/mol. The standard InChI is InChI=1S/C14H8FN3O/c15-11-4-1-3-9(7-16)14(11)19-13-6-2-5-12-10(13)8-17-18-12/h1-6,8H,(H,17,18). The highest BCUT2D eigenvalue weighted by atomic mass is 19.1. The number of benzene rings is 2. The second-order valence-corrected chi connectivity index (χ2v) is 3.92. The van der Waals surface area contributed by atoms with Gasteiger partial charge in [-0.1, -0.05) is 12.1 Å². The van der Waals surface area contributed by atoms with Gasteiger partial charge in [-0.05, 0) is 24.3 Å². The lowest BCUT2D eigenvalue weighted by molar-refractivity contribution is 0.445. The van der Waals surface area contributed by atoms with Crippen molar-refractivity contribution in [3.63, 3.8) is 0 Å². The van der Waals surface area contributed by atoms with Crippen molar-refractivity contribution in [1.29, 1.82) is 5.26 Å². The summed E-state index contributed by atoms with van der Waals surface area (Å²) in [4.78, 5) is 0. The van der Waals surface area contributed by atoms with Crippen LogP contribution in [0.15, 0.2) is 42.6 Å². The van der Waals surface area contributed by atoms with Crippen molar-refractivity contribution in [2.45, 2.75) is 0 Å². The minimum Gasteiger partial charge on any atom is -0.452 e. The lowest BCUT2D eigenvalue weighted by Gasteiger charge is -2.08. The predicted molar refractivity (Wildman–Crippen MR) is 67.3 cm³/mol. The molecule has 0 aliphatic carbocycles. The summed E-state index contributed by atoms with van der Waals surface area (Å²) in [7, 11) is 0. The van der Waals surface area contributed by atoms with Crippen LogP contribution in [0.1, 0.15) is 5.56 Å². The van der Waals surface area contributed by atoms with Gasteiger partial charge < -0.3 is 4.74 Å². The Kier molecular flexibility index (Phi) is 2.62. The van der Waals surface area contributed by atoms with Crippen LogP contribution in [-0.4, -0.2) is 10.2 Å². The Bertz CT molecular complexity index is 789. The van der Waals surface area contributed by atoms with Crippen LogP contribution in [-0.2, 0) is 0 Å². The Morgan fingerprint density at radius 3 is 2.89 bits per heavy atom. The maximum atomic E-state index is 13.7. The van der Waals surface area contributed by atoms with Gasteiger partial charge in [0.15, 0.2) is 11.6 Å². The van der Waals surface area contributed by atoms with Gasteiger partial charge in [-0.15, -0.1) is 0 Å². The van der Waals surface area contributed by atoms with Crippen molar-refractivity contribution in [3.8, 4) is 17.6 Å². The van der Waals surface area contributed by atoms with E-state index in [0.717, 1.165) is 10.9 Å². The molecule has 0 aliphatic heterocycles. The van der Waals surface area contributed by atoms with Crippen LogP contribution in [0.4, 0.5) is 4.39 Å². The molecule has 1 N–H and O–H groups in total. The molecule has 0 spiro atoms. The first kappa shape index (κ1) is 11.2. The zero-order chi connectivity index (χ0) is 13.2. The average molecular weight is 253 g/mol. The first-order valence-electron chi connectivity index (χ1n) is 5.58. The Balaban J connectivity index is 2.12. The lowest BCUT2D eigenvalue weighted by atomic mass is 10.2. The summed E-state index contributed by atoms with van der Waals surface area (Å²) in [5.41, 5.74) is 0.938. The molecule has 5 heteroatoms. The number of nitriles is 1. The molecule has 0 saturated carbocycles. The Labute approximate surface area is 108 Å². The van der Waals surface area contributed by atoms with Crippen LogP contribution < -0.4 is 4.74 Å². The molecule has 0 atom stereocenters. The lowest BCUT2D eigenvalue weighted by Crippen LogP contribution is -1.92. The summed E-state index contributed by atoms with van der Waals surface area (Å²) in [6.45, 7) is 0. The maximum absolute atomic E-state index is 13.7. The molecular formula is C14H8FN3O. The third-order valence-corrected chi connectivity index (χ3v) is 2.74. The van der Waals surface area contributed by atoms with E-state index < -0.39 is 5.82 Å². The van der Waals surface area contributed by atoms with E-state index in [2.05, 4.69) is 10.2 Å². The Hall–Kier alpha value is -2.87. The minimum absolute atomic E-state index is 0.0706.